The Hall–Kier alpha value is -1.01. The molecule has 0 aliphatic carbocycles. The van der Waals surface area contributed by atoms with Gasteiger partial charge in [0, 0.05) is 10.8 Å². The molecule has 114 valence electrons. The van der Waals surface area contributed by atoms with Crippen molar-refractivity contribution in [2.75, 3.05) is 23.7 Å². The molecule has 1 aromatic heterocycles. The van der Waals surface area contributed by atoms with E-state index in [0.29, 0.717) is 6.54 Å². The van der Waals surface area contributed by atoms with E-state index >= 15 is 0 Å². The third-order valence-corrected chi connectivity index (χ3v) is 6.55. The van der Waals surface area contributed by atoms with Gasteiger partial charge in [-0.1, -0.05) is 17.7 Å². The minimum atomic E-state index is -0.934. The normalized spacial score (nSPS) is 24.7. The number of hydrogen-bond acceptors (Lipinski definition) is 4. The number of nitrogens with zero attached hydrogens (tertiary/aromatic N) is 2. The second kappa shape index (κ2) is 5.57. The first-order valence-electron chi connectivity index (χ1n) is 7.25. The molecule has 1 atom stereocenters. The zero-order chi connectivity index (χ0) is 15.2. The Bertz CT molecular complexity index is 714. The van der Waals surface area contributed by atoms with Crippen molar-refractivity contribution in [3.63, 3.8) is 0 Å². The standard InChI is InChI=1S/C16H16ClN2OS2/c17-12-4-6-13(7-5-12)18-11-16(20,14-3-1-9-21-14)19-8-2-10-22-15(18)19/h1,3-7,9,20H,2,8,10-11H2/q+1. The molecular weight excluding hydrogens is 336 g/mol. The first-order valence-corrected chi connectivity index (χ1v) is 9.50. The highest BCUT2D eigenvalue weighted by molar-refractivity contribution is 8.13. The van der Waals surface area contributed by atoms with Gasteiger partial charge in [0.2, 0.25) is 0 Å². The molecule has 0 amide bonds. The summed E-state index contributed by atoms with van der Waals surface area (Å²) in [7, 11) is 0. The molecule has 2 aliphatic rings. The zero-order valence-electron chi connectivity index (χ0n) is 11.9. The number of amidine groups is 1. The Morgan fingerprint density at radius 2 is 2.05 bits per heavy atom. The molecule has 1 N–H and O–H groups in total. The third-order valence-electron chi connectivity index (χ3n) is 4.10. The Morgan fingerprint density at radius 1 is 1.23 bits per heavy atom. The first kappa shape index (κ1) is 14.6. The van der Waals surface area contributed by atoms with Crippen molar-refractivity contribution < 1.29 is 9.68 Å². The highest BCUT2D eigenvalue weighted by Crippen LogP contribution is 2.39. The molecule has 0 bridgehead atoms. The zero-order valence-corrected chi connectivity index (χ0v) is 14.3. The Balaban J connectivity index is 1.79. The molecule has 0 fully saturated rings. The van der Waals surface area contributed by atoms with Gasteiger partial charge >= 0.3 is 5.17 Å². The minimum absolute atomic E-state index is 0.553. The molecule has 1 aromatic carbocycles. The van der Waals surface area contributed by atoms with Crippen molar-refractivity contribution in [2.24, 2.45) is 0 Å². The molecule has 22 heavy (non-hydrogen) atoms. The van der Waals surface area contributed by atoms with E-state index in [1.165, 1.54) is 0 Å². The van der Waals surface area contributed by atoms with Gasteiger partial charge in [-0.3, -0.25) is 0 Å². The predicted molar refractivity (Wildman–Crippen MR) is 94.2 cm³/mol. The summed E-state index contributed by atoms with van der Waals surface area (Å²) in [6.07, 6.45) is 1.09. The van der Waals surface area contributed by atoms with Crippen LogP contribution in [-0.4, -0.2) is 33.7 Å². The van der Waals surface area contributed by atoms with Crippen LogP contribution in [0.5, 0.6) is 0 Å². The Kier molecular flexibility index (Phi) is 3.69. The van der Waals surface area contributed by atoms with Gasteiger partial charge in [0.05, 0.1) is 11.4 Å². The average Bonchev–Trinajstić information content (AvgIpc) is 3.17. The van der Waals surface area contributed by atoms with Gasteiger partial charge in [-0.25, -0.2) is 9.48 Å². The number of halogens is 1. The molecule has 0 saturated heterocycles. The Morgan fingerprint density at radius 3 is 2.77 bits per heavy atom. The quantitative estimate of drug-likeness (QED) is 0.838. The molecule has 3 heterocycles. The molecule has 0 spiro atoms. The summed E-state index contributed by atoms with van der Waals surface area (Å²) in [6, 6.07) is 11.9. The lowest BCUT2D eigenvalue weighted by molar-refractivity contribution is -0.655. The summed E-state index contributed by atoms with van der Waals surface area (Å²) in [4.78, 5) is 3.21. The molecule has 3 nitrogen and oxygen atoms in total. The number of anilines is 1. The van der Waals surface area contributed by atoms with E-state index in [0.717, 1.165) is 39.5 Å². The van der Waals surface area contributed by atoms with E-state index in [4.69, 9.17) is 11.6 Å². The van der Waals surface area contributed by atoms with E-state index in [-0.39, 0.29) is 0 Å². The molecule has 0 radical (unpaired) electrons. The Labute approximate surface area is 142 Å². The fourth-order valence-corrected chi connectivity index (χ4v) is 5.17. The van der Waals surface area contributed by atoms with Crippen LogP contribution in [0.2, 0.25) is 5.02 Å². The van der Waals surface area contributed by atoms with Crippen molar-refractivity contribution in [1.29, 1.82) is 0 Å². The van der Waals surface area contributed by atoms with E-state index < -0.39 is 5.72 Å². The summed E-state index contributed by atoms with van der Waals surface area (Å²) in [5.74, 6) is 1.09. The fourth-order valence-electron chi connectivity index (χ4n) is 3.04. The van der Waals surface area contributed by atoms with Crippen molar-refractivity contribution in [1.82, 2.24) is 0 Å². The topological polar surface area (TPSA) is 26.5 Å². The van der Waals surface area contributed by atoms with Crippen LogP contribution in [0, 0.1) is 0 Å². The number of rotatable bonds is 2. The average molecular weight is 352 g/mol. The van der Waals surface area contributed by atoms with Crippen LogP contribution in [0.3, 0.4) is 0 Å². The van der Waals surface area contributed by atoms with E-state index in [1.807, 2.05) is 53.5 Å². The van der Waals surface area contributed by atoms with Crippen LogP contribution in [-0.2, 0) is 5.72 Å². The number of hydrogen-bond donors (Lipinski definition) is 1. The highest BCUT2D eigenvalue weighted by Gasteiger charge is 2.53. The predicted octanol–water partition coefficient (Wildman–Crippen LogP) is 3.57. The summed E-state index contributed by atoms with van der Waals surface area (Å²) in [5, 5.41) is 15.3. The highest BCUT2D eigenvalue weighted by atomic mass is 35.5. The lowest BCUT2D eigenvalue weighted by atomic mass is 10.1. The van der Waals surface area contributed by atoms with Gasteiger partial charge < -0.3 is 5.11 Å². The van der Waals surface area contributed by atoms with Crippen molar-refractivity contribution in [3.8, 4) is 0 Å². The van der Waals surface area contributed by atoms with Crippen LogP contribution in [0.15, 0.2) is 41.8 Å². The maximum absolute atomic E-state index is 11.4. The second-order valence-corrected chi connectivity index (χ2v) is 7.94. The van der Waals surface area contributed by atoms with Crippen molar-refractivity contribution in [3.05, 3.63) is 51.7 Å². The summed E-state index contributed by atoms with van der Waals surface area (Å²) in [5.41, 5.74) is 0.141. The smallest absolute Gasteiger partial charge is 0.316 e. The van der Waals surface area contributed by atoms with Gasteiger partial charge in [0.25, 0.3) is 5.72 Å². The van der Waals surface area contributed by atoms with E-state index in [1.54, 1.807) is 11.3 Å². The minimum Gasteiger partial charge on any atom is -0.346 e. The molecule has 4 rings (SSSR count). The number of thioether (sulfide) groups is 1. The van der Waals surface area contributed by atoms with Crippen LogP contribution in [0.25, 0.3) is 0 Å². The molecular formula is C16H16ClN2OS2+. The second-order valence-electron chi connectivity index (χ2n) is 5.49. The number of aliphatic hydroxyl groups is 1. The largest absolute Gasteiger partial charge is 0.346 e. The van der Waals surface area contributed by atoms with Crippen LogP contribution in [0.1, 0.15) is 11.3 Å². The molecule has 2 aliphatic heterocycles. The monoisotopic (exact) mass is 351 g/mol. The van der Waals surface area contributed by atoms with Crippen molar-refractivity contribution >= 4 is 45.6 Å². The first-order chi connectivity index (χ1) is 10.7. The van der Waals surface area contributed by atoms with Gasteiger partial charge in [0.15, 0.2) is 6.54 Å². The lowest BCUT2D eigenvalue weighted by Gasteiger charge is -2.22. The summed E-state index contributed by atoms with van der Waals surface area (Å²) >= 11 is 9.44. The summed E-state index contributed by atoms with van der Waals surface area (Å²) in [6.45, 7) is 1.44. The number of benzene rings is 1. The molecule has 0 saturated carbocycles. The number of β-amino-alcohol motifs (C(OH)–C–C–N with tert-alkyl or cyclic N) is 1. The fraction of sp³-hybridized carbons (Fsp3) is 0.312. The van der Waals surface area contributed by atoms with Gasteiger partial charge in [-0.15, -0.1) is 11.3 Å². The van der Waals surface area contributed by atoms with Crippen LogP contribution < -0.4 is 4.90 Å². The number of thiophene rings is 1. The van der Waals surface area contributed by atoms with Crippen LogP contribution in [0.4, 0.5) is 5.69 Å². The molecule has 2 aromatic rings. The van der Waals surface area contributed by atoms with E-state index in [2.05, 4.69) is 9.48 Å². The van der Waals surface area contributed by atoms with Gasteiger partial charge in [0.1, 0.15) is 5.69 Å². The summed E-state index contributed by atoms with van der Waals surface area (Å²) < 4.78 is 2.15. The van der Waals surface area contributed by atoms with Crippen molar-refractivity contribution in [2.45, 2.75) is 12.1 Å². The SMILES string of the molecule is OC1(c2cccs2)CN(c2ccc(Cl)cc2)C2=[N+]1CCCS2. The van der Waals surface area contributed by atoms with Gasteiger partial charge in [-0.05, 0) is 53.9 Å². The third kappa shape index (κ3) is 2.27. The maximum Gasteiger partial charge on any atom is 0.316 e. The van der Waals surface area contributed by atoms with Crippen LogP contribution >= 0.6 is 34.7 Å². The van der Waals surface area contributed by atoms with E-state index in [9.17, 15) is 5.11 Å². The molecule has 1 unspecified atom stereocenters. The molecule has 6 heteroatoms. The maximum atomic E-state index is 11.4. The lowest BCUT2D eigenvalue weighted by Crippen LogP contribution is -2.40. The van der Waals surface area contributed by atoms with Gasteiger partial charge in [-0.2, -0.15) is 0 Å².